The zero-order valence-corrected chi connectivity index (χ0v) is 14.4. The first kappa shape index (κ1) is 16.3. The number of nitrogens with zero attached hydrogens (tertiary/aromatic N) is 2. The Morgan fingerprint density at radius 2 is 1.71 bits per heavy atom. The number of aryl methyl sites for hydroxylation is 1. The molecule has 0 saturated carbocycles. The Morgan fingerprint density at radius 1 is 1.00 bits per heavy atom. The van der Waals surface area contributed by atoms with Crippen LogP contribution in [0, 0.1) is 18.3 Å². The van der Waals surface area contributed by atoms with E-state index < -0.39 is 0 Å². The molecule has 0 bridgehead atoms. The van der Waals surface area contributed by atoms with Gasteiger partial charge in [0.2, 0.25) is 0 Å². The minimum atomic E-state index is 0.181. The topological polar surface area (TPSA) is 62.7 Å². The SMILES string of the molecule is Cc1nc(N)c(C#N)c(-c2cccc(Cl)c2Cl)c1-c1ccccc1. The molecule has 3 aromatic rings. The Bertz CT molecular complexity index is 961. The second-order valence-corrected chi connectivity index (χ2v) is 6.07. The van der Waals surface area contributed by atoms with Crippen LogP contribution in [-0.2, 0) is 0 Å². The van der Waals surface area contributed by atoms with Crippen molar-refractivity contribution in [3.05, 3.63) is 69.8 Å². The molecule has 0 spiro atoms. The smallest absolute Gasteiger partial charge is 0.142 e. The van der Waals surface area contributed by atoms with E-state index in [0.717, 1.165) is 16.8 Å². The molecule has 0 saturated heterocycles. The lowest BCUT2D eigenvalue weighted by Crippen LogP contribution is -2.03. The van der Waals surface area contributed by atoms with Crippen molar-refractivity contribution in [2.45, 2.75) is 6.92 Å². The van der Waals surface area contributed by atoms with Crippen molar-refractivity contribution >= 4 is 29.0 Å². The van der Waals surface area contributed by atoms with Crippen LogP contribution < -0.4 is 5.73 Å². The molecule has 0 atom stereocenters. The number of hydrogen-bond acceptors (Lipinski definition) is 3. The van der Waals surface area contributed by atoms with E-state index in [9.17, 15) is 5.26 Å². The normalized spacial score (nSPS) is 10.4. The fraction of sp³-hybridized carbons (Fsp3) is 0.0526. The third-order valence-corrected chi connectivity index (χ3v) is 4.62. The maximum atomic E-state index is 9.64. The highest BCUT2D eigenvalue weighted by Gasteiger charge is 2.21. The first-order valence-electron chi connectivity index (χ1n) is 7.24. The molecule has 2 N–H and O–H groups in total. The highest BCUT2D eigenvalue weighted by atomic mass is 35.5. The summed E-state index contributed by atoms with van der Waals surface area (Å²) >= 11 is 12.6. The monoisotopic (exact) mass is 353 g/mol. The molecule has 3 nitrogen and oxygen atoms in total. The number of nitrogens with two attached hydrogens (primary N) is 1. The van der Waals surface area contributed by atoms with Crippen molar-refractivity contribution in [1.29, 1.82) is 5.26 Å². The number of nitrogen functional groups attached to an aromatic ring is 1. The van der Waals surface area contributed by atoms with Gasteiger partial charge in [0.1, 0.15) is 17.5 Å². The van der Waals surface area contributed by atoms with Crippen molar-refractivity contribution in [2.75, 3.05) is 5.73 Å². The molecular formula is C19H13Cl2N3. The van der Waals surface area contributed by atoms with E-state index >= 15 is 0 Å². The van der Waals surface area contributed by atoms with Crippen molar-refractivity contribution in [1.82, 2.24) is 4.98 Å². The van der Waals surface area contributed by atoms with Gasteiger partial charge in [0.05, 0.1) is 10.0 Å². The molecule has 3 rings (SSSR count). The summed E-state index contributed by atoms with van der Waals surface area (Å²) in [6.45, 7) is 1.86. The molecule has 5 heteroatoms. The zero-order valence-electron chi connectivity index (χ0n) is 12.8. The van der Waals surface area contributed by atoms with E-state index in [-0.39, 0.29) is 5.82 Å². The van der Waals surface area contributed by atoms with Crippen LogP contribution in [-0.4, -0.2) is 4.98 Å². The molecule has 1 aromatic heterocycles. The number of halogens is 2. The van der Waals surface area contributed by atoms with Crippen LogP contribution in [0.4, 0.5) is 5.82 Å². The van der Waals surface area contributed by atoms with Crippen molar-refractivity contribution in [3.63, 3.8) is 0 Å². The number of anilines is 1. The predicted molar refractivity (Wildman–Crippen MR) is 99.0 cm³/mol. The van der Waals surface area contributed by atoms with Gasteiger partial charge in [-0.05, 0) is 18.6 Å². The standard InChI is InChI=1S/C19H13Cl2N3/c1-11-16(12-6-3-2-4-7-12)17(14(10-22)19(23)24-11)13-8-5-9-15(20)18(13)21/h2-9H,1H3,(H2,23,24). The van der Waals surface area contributed by atoms with Gasteiger partial charge in [0.25, 0.3) is 0 Å². The molecule has 0 fully saturated rings. The fourth-order valence-electron chi connectivity index (χ4n) is 2.76. The molecule has 0 aliphatic heterocycles. The second-order valence-electron chi connectivity index (χ2n) is 5.29. The minimum absolute atomic E-state index is 0.181. The van der Waals surface area contributed by atoms with Gasteiger partial charge in [0.15, 0.2) is 0 Å². The second kappa shape index (κ2) is 6.52. The van der Waals surface area contributed by atoms with E-state index in [1.54, 1.807) is 12.1 Å². The lowest BCUT2D eigenvalue weighted by Gasteiger charge is -2.17. The van der Waals surface area contributed by atoms with Crippen molar-refractivity contribution in [3.8, 4) is 28.3 Å². The summed E-state index contributed by atoms with van der Waals surface area (Å²) in [6.07, 6.45) is 0. The van der Waals surface area contributed by atoms with Gasteiger partial charge in [-0.15, -0.1) is 0 Å². The summed E-state index contributed by atoms with van der Waals surface area (Å²) in [4.78, 5) is 4.34. The fourth-order valence-corrected chi connectivity index (χ4v) is 3.16. The van der Waals surface area contributed by atoms with Crippen LogP contribution in [0.3, 0.4) is 0 Å². The number of pyridine rings is 1. The van der Waals surface area contributed by atoms with E-state index in [2.05, 4.69) is 11.1 Å². The summed E-state index contributed by atoms with van der Waals surface area (Å²) in [5.74, 6) is 0.181. The van der Waals surface area contributed by atoms with Gasteiger partial charge in [-0.2, -0.15) is 5.26 Å². The number of aromatic nitrogens is 1. The molecule has 1 heterocycles. The van der Waals surface area contributed by atoms with E-state index in [4.69, 9.17) is 28.9 Å². The molecule has 0 amide bonds. The Kier molecular flexibility index (Phi) is 4.44. The third kappa shape index (κ3) is 2.71. The van der Waals surface area contributed by atoms with Crippen molar-refractivity contribution in [2.24, 2.45) is 0 Å². The number of nitriles is 1. The molecule has 24 heavy (non-hydrogen) atoms. The quantitative estimate of drug-likeness (QED) is 0.662. The maximum Gasteiger partial charge on any atom is 0.142 e. The van der Waals surface area contributed by atoms with Gasteiger partial charge in [-0.25, -0.2) is 4.98 Å². The van der Waals surface area contributed by atoms with Crippen LogP contribution in [0.1, 0.15) is 11.3 Å². The number of benzene rings is 2. The highest BCUT2D eigenvalue weighted by Crippen LogP contribution is 2.43. The number of rotatable bonds is 2. The van der Waals surface area contributed by atoms with Crippen LogP contribution in [0.15, 0.2) is 48.5 Å². The first-order chi connectivity index (χ1) is 11.5. The van der Waals surface area contributed by atoms with Crippen LogP contribution in [0.2, 0.25) is 10.0 Å². The summed E-state index contributed by atoms with van der Waals surface area (Å²) in [7, 11) is 0. The van der Waals surface area contributed by atoms with E-state index in [0.29, 0.717) is 26.7 Å². The van der Waals surface area contributed by atoms with Gasteiger partial charge >= 0.3 is 0 Å². The van der Waals surface area contributed by atoms with Gasteiger partial charge in [0, 0.05) is 22.4 Å². The summed E-state index contributed by atoms with van der Waals surface area (Å²) in [5.41, 5.74) is 10.1. The molecule has 0 radical (unpaired) electrons. The van der Waals surface area contributed by atoms with Crippen LogP contribution >= 0.6 is 23.2 Å². The van der Waals surface area contributed by atoms with Crippen LogP contribution in [0.5, 0.6) is 0 Å². The zero-order chi connectivity index (χ0) is 17.3. The van der Waals surface area contributed by atoms with E-state index in [1.165, 1.54) is 0 Å². The predicted octanol–water partition coefficient (Wildman–Crippen LogP) is 5.48. The first-order valence-corrected chi connectivity index (χ1v) is 8.00. The van der Waals surface area contributed by atoms with Crippen molar-refractivity contribution < 1.29 is 0 Å². The minimum Gasteiger partial charge on any atom is -0.383 e. The highest BCUT2D eigenvalue weighted by molar-refractivity contribution is 6.43. The Morgan fingerprint density at radius 3 is 2.38 bits per heavy atom. The summed E-state index contributed by atoms with van der Waals surface area (Å²) in [5, 5.41) is 10.4. The molecular weight excluding hydrogens is 341 g/mol. The average molecular weight is 354 g/mol. The summed E-state index contributed by atoms with van der Waals surface area (Å²) in [6, 6.07) is 17.2. The summed E-state index contributed by atoms with van der Waals surface area (Å²) < 4.78 is 0. The van der Waals surface area contributed by atoms with E-state index in [1.807, 2.05) is 43.3 Å². The third-order valence-electron chi connectivity index (χ3n) is 3.80. The Balaban J connectivity index is 2.48. The molecule has 0 aliphatic carbocycles. The Hall–Kier alpha value is -2.54. The number of hydrogen-bond donors (Lipinski definition) is 1. The lowest BCUT2D eigenvalue weighted by molar-refractivity contribution is 1.20. The Labute approximate surface area is 150 Å². The molecule has 0 unspecified atom stereocenters. The molecule has 0 aliphatic rings. The van der Waals surface area contributed by atoms with Gasteiger partial charge in [-0.3, -0.25) is 0 Å². The molecule has 118 valence electrons. The lowest BCUT2D eigenvalue weighted by atomic mass is 9.90. The average Bonchev–Trinajstić information content (AvgIpc) is 2.57. The van der Waals surface area contributed by atoms with Gasteiger partial charge in [-0.1, -0.05) is 65.7 Å². The largest absolute Gasteiger partial charge is 0.383 e. The molecule has 2 aromatic carbocycles. The maximum absolute atomic E-state index is 9.64. The van der Waals surface area contributed by atoms with Crippen LogP contribution in [0.25, 0.3) is 22.3 Å². The van der Waals surface area contributed by atoms with Gasteiger partial charge < -0.3 is 5.73 Å².